The SMILES string of the molecule is COC(=O)[C@H](Cc1ccc(-c2ccccc2)cc1)NN1CCOCC1. The minimum Gasteiger partial charge on any atom is -0.468 e. The van der Waals surface area contributed by atoms with Crippen LogP contribution < -0.4 is 5.43 Å². The fraction of sp³-hybridized carbons (Fsp3) is 0.350. The van der Waals surface area contributed by atoms with Crippen LogP contribution in [0.5, 0.6) is 0 Å². The maximum absolute atomic E-state index is 12.1. The van der Waals surface area contributed by atoms with Gasteiger partial charge in [0.15, 0.2) is 0 Å². The molecule has 2 aromatic carbocycles. The van der Waals surface area contributed by atoms with E-state index in [-0.39, 0.29) is 5.97 Å². The predicted molar refractivity (Wildman–Crippen MR) is 96.9 cm³/mol. The van der Waals surface area contributed by atoms with Crippen molar-refractivity contribution in [2.75, 3.05) is 33.4 Å². The van der Waals surface area contributed by atoms with Crippen molar-refractivity contribution in [1.82, 2.24) is 10.4 Å². The molecule has 0 unspecified atom stereocenters. The summed E-state index contributed by atoms with van der Waals surface area (Å²) in [6.07, 6.45) is 0.582. The maximum Gasteiger partial charge on any atom is 0.324 e. The Kier molecular flexibility index (Phi) is 6.17. The fourth-order valence-electron chi connectivity index (χ4n) is 2.94. The lowest BCUT2D eigenvalue weighted by Gasteiger charge is -2.30. The molecule has 2 aromatic rings. The Labute approximate surface area is 148 Å². The van der Waals surface area contributed by atoms with Crippen LogP contribution in [0, 0.1) is 0 Å². The normalized spacial score (nSPS) is 16.4. The number of nitrogens with zero attached hydrogens (tertiary/aromatic N) is 1. The number of methoxy groups -OCH3 is 1. The lowest BCUT2D eigenvalue weighted by molar-refractivity contribution is -0.145. The van der Waals surface area contributed by atoms with Crippen LogP contribution in [0.15, 0.2) is 54.6 Å². The van der Waals surface area contributed by atoms with Crippen LogP contribution in [-0.4, -0.2) is 50.4 Å². The number of esters is 1. The second kappa shape index (κ2) is 8.76. The van der Waals surface area contributed by atoms with Gasteiger partial charge in [0.2, 0.25) is 0 Å². The zero-order valence-electron chi connectivity index (χ0n) is 14.5. The number of hydrogen-bond donors (Lipinski definition) is 1. The van der Waals surface area contributed by atoms with Gasteiger partial charge in [-0.1, -0.05) is 54.6 Å². The Morgan fingerprint density at radius 1 is 1.08 bits per heavy atom. The molecule has 1 N–H and O–H groups in total. The van der Waals surface area contributed by atoms with Gasteiger partial charge in [-0.3, -0.25) is 4.79 Å². The summed E-state index contributed by atoms with van der Waals surface area (Å²) in [4.78, 5) is 12.1. The van der Waals surface area contributed by atoms with E-state index in [0.717, 1.165) is 18.7 Å². The van der Waals surface area contributed by atoms with E-state index in [4.69, 9.17) is 9.47 Å². The molecule has 1 aliphatic rings. The third-order valence-corrected chi connectivity index (χ3v) is 4.34. The Morgan fingerprint density at radius 3 is 2.36 bits per heavy atom. The molecule has 0 spiro atoms. The van der Waals surface area contributed by atoms with E-state index in [9.17, 15) is 4.79 Å². The summed E-state index contributed by atoms with van der Waals surface area (Å²) in [7, 11) is 1.43. The molecule has 1 aliphatic heterocycles. The number of hydrazine groups is 1. The van der Waals surface area contributed by atoms with Crippen LogP contribution in [0.1, 0.15) is 5.56 Å². The molecular weight excluding hydrogens is 316 g/mol. The lowest BCUT2D eigenvalue weighted by atomic mass is 10.0. The van der Waals surface area contributed by atoms with Crippen LogP contribution in [-0.2, 0) is 20.7 Å². The van der Waals surface area contributed by atoms with Crippen molar-refractivity contribution >= 4 is 5.97 Å². The van der Waals surface area contributed by atoms with Crippen molar-refractivity contribution in [3.05, 3.63) is 60.2 Å². The Balaban J connectivity index is 1.67. The van der Waals surface area contributed by atoms with E-state index in [1.165, 1.54) is 18.2 Å². The molecule has 0 bridgehead atoms. The first-order valence-electron chi connectivity index (χ1n) is 8.57. The van der Waals surface area contributed by atoms with Gasteiger partial charge in [-0.2, -0.15) is 0 Å². The quantitative estimate of drug-likeness (QED) is 0.818. The highest BCUT2D eigenvalue weighted by Gasteiger charge is 2.23. The summed E-state index contributed by atoms with van der Waals surface area (Å²) < 4.78 is 10.3. The molecule has 3 rings (SSSR count). The molecule has 0 saturated carbocycles. The monoisotopic (exact) mass is 340 g/mol. The number of carbonyl (C=O) groups excluding carboxylic acids is 1. The Bertz CT molecular complexity index is 667. The minimum atomic E-state index is -0.398. The van der Waals surface area contributed by atoms with Crippen molar-refractivity contribution < 1.29 is 14.3 Å². The number of benzene rings is 2. The average molecular weight is 340 g/mol. The molecule has 0 aliphatic carbocycles. The number of morpholine rings is 1. The van der Waals surface area contributed by atoms with Crippen LogP contribution in [0.25, 0.3) is 11.1 Å². The standard InChI is InChI=1S/C20H24N2O3/c1-24-20(23)19(21-22-11-13-25-14-12-22)15-16-7-9-18(10-8-16)17-5-3-2-4-6-17/h2-10,19,21H,11-15H2,1H3/t19-/m0/s1. The van der Waals surface area contributed by atoms with Crippen molar-refractivity contribution in [3.8, 4) is 11.1 Å². The number of rotatable bonds is 6. The van der Waals surface area contributed by atoms with Crippen LogP contribution in [0.3, 0.4) is 0 Å². The van der Waals surface area contributed by atoms with Gasteiger partial charge >= 0.3 is 5.97 Å². The summed E-state index contributed by atoms with van der Waals surface area (Å²) in [5.74, 6) is -0.251. The molecule has 5 heteroatoms. The van der Waals surface area contributed by atoms with Gasteiger partial charge in [0.05, 0.1) is 20.3 Å². The van der Waals surface area contributed by atoms with Crippen LogP contribution >= 0.6 is 0 Å². The van der Waals surface area contributed by atoms with Crippen molar-refractivity contribution in [1.29, 1.82) is 0 Å². The molecular formula is C20H24N2O3. The third-order valence-electron chi connectivity index (χ3n) is 4.34. The van der Waals surface area contributed by atoms with E-state index in [1.807, 2.05) is 23.2 Å². The maximum atomic E-state index is 12.1. The van der Waals surface area contributed by atoms with Crippen LogP contribution in [0.2, 0.25) is 0 Å². The van der Waals surface area contributed by atoms with Gasteiger partial charge in [-0.15, -0.1) is 0 Å². The Morgan fingerprint density at radius 2 is 1.72 bits per heavy atom. The van der Waals surface area contributed by atoms with Gasteiger partial charge in [0.25, 0.3) is 0 Å². The zero-order valence-corrected chi connectivity index (χ0v) is 14.5. The number of hydrogen-bond acceptors (Lipinski definition) is 5. The number of ether oxygens (including phenoxy) is 2. The number of nitrogens with one attached hydrogen (secondary N) is 1. The molecule has 1 fully saturated rings. The van der Waals surface area contributed by atoms with E-state index in [0.29, 0.717) is 19.6 Å². The second-order valence-electron chi connectivity index (χ2n) is 6.07. The predicted octanol–water partition coefficient (Wildman–Crippen LogP) is 2.27. The summed E-state index contributed by atoms with van der Waals surface area (Å²) in [6.45, 7) is 2.88. The smallest absolute Gasteiger partial charge is 0.324 e. The van der Waals surface area contributed by atoms with Gasteiger partial charge in [-0.25, -0.2) is 10.4 Å². The van der Waals surface area contributed by atoms with Gasteiger partial charge in [0.1, 0.15) is 6.04 Å². The van der Waals surface area contributed by atoms with Crippen LogP contribution in [0.4, 0.5) is 0 Å². The molecule has 5 nitrogen and oxygen atoms in total. The summed E-state index contributed by atoms with van der Waals surface area (Å²) >= 11 is 0. The first-order valence-corrected chi connectivity index (χ1v) is 8.57. The molecule has 1 heterocycles. The highest BCUT2D eigenvalue weighted by molar-refractivity contribution is 5.76. The summed E-state index contributed by atoms with van der Waals surface area (Å²) in [6, 6.07) is 18.2. The van der Waals surface area contributed by atoms with E-state index >= 15 is 0 Å². The first-order chi connectivity index (χ1) is 12.3. The lowest BCUT2D eigenvalue weighted by Crippen LogP contribution is -2.53. The molecule has 132 valence electrons. The molecule has 25 heavy (non-hydrogen) atoms. The third kappa shape index (κ3) is 4.89. The van der Waals surface area contributed by atoms with E-state index in [2.05, 4.69) is 41.8 Å². The van der Waals surface area contributed by atoms with E-state index < -0.39 is 6.04 Å². The summed E-state index contributed by atoms with van der Waals surface area (Å²) in [5.41, 5.74) is 6.73. The van der Waals surface area contributed by atoms with Gasteiger partial charge in [0, 0.05) is 13.1 Å². The highest BCUT2D eigenvalue weighted by Crippen LogP contribution is 2.20. The zero-order chi connectivity index (χ0) is 17.5. The highest BCUT2D eigenvalue weighted by atomic mass is 16.5. The van der Waals surface area contributed by atoms with Crippen molar-refractivity contribution in [2.45, 2.75) is 12.5 Å². The largest absolute Gasteiger partial charge is 0.468 e. The molecule has 0 radical (unpaired) electrons. The molecule has 0 amide bonds. The van der Waals surface area contributed by atoms with Gasteiger partial charge in [-0.05, 0) is 23.1 Å². The van der Waals surface area contributed by atoms with E-state index in [1.54, 1.807) is 0 Å². The molecule has 1 atom stereocenters. The topological polar surface area (TPSA) is 50.8 Å². The molecule has 1 saturated heterocycles. The molecule has 0 aromatic heterocycles. The second-order valence-corrected chi connectivity index (χ2v) is 6.07. The van der Waals surface area contributed by atoms with Crippen molar-refractivity contribution in [2.24, 2.45) is 0 Å². The average Bonchev–Trinajstić information content (AvgIpc) is 2.69. The minimum absolute atomic E-state index is 0.251. The van der Waals surface area contributed by atoms with Gasteiger partial charge < -0.3 is 9.47 Å². The fourth-order valence-corrected chi connectivity index (χ4v) is 2.94. The Hall–Kier alpha value is -2.21. The first kappa shape index (κ1) is 17.6. The summed E-state index contributed by atoms with van der Waals surface area (Å²) in [5, 5.41) is 2.03. The number of carbonyl (C=O) groups is 1. The van der Waals surface area contributed by atoms with Crippen molar-refractivity contribution in [3.63, 3.8) is 0 Å².